The van der Waals surface area contributed by atoms with Gasteiger partial charge in [-0.05, 0) is 224 Å². The first-order valence-corrected chi connectivity index (χ1v) is 34.3. The standard InChI is InChI=1S/C14H18O4.C12H15BrO2.C12H16O3.C10H12O3.C8H17O5P.Br3P.Na.H/c1-4-18-14(16)6-5-11-7-12(9-15)10(2)13(8-11)17-3;2*1-9-11(8-14)6-10(4-3-5-13)7-12(9)15-2;1-7-9(6-12)3-8(5-11)4-10(7)13-2;1-5-10-13-8(4)14(9,11-6-2)12-7-3;1-4(2)3;;/h5-8,15H,4,9H2,1-3H3;3-4,6-7,14H,5,8H2,1-2H3;3-4,6-7,13-14H,5,8H2,1-2H3;3-5,12H,6H2,1-2H3;4-7H2,1-3H3;;;/q;;;;;;+1;-1/b6-5+;2*4-3+;;;;;. The molecule has 0 saturated carbocycles. The van der Waals surface area contributed by atoms with Gasteiger partial charge in [0.1, 0.15) is 33.3 Å². The van der Waals surface area contributed by atoms with Crippen LogP contribution < -0.4 is 48.5 Å². The molecule has 0 aromatic heterocycles. The third-order valence-corrected chi connectivity index (χ3v) is 12.6. The van der Waals surface area contributed by atoms with Crippen LogP contribution in [0.5, 0.6) is 23.0 Å². The maximum atomic E-state index is 11.9. The van der Waals surface area contributed by atoms with E-state index in [0.717, 1.165) is 84.3 Å². The number of benzene rings is 4. The second-order valence-electron chi connectivity index (χ2n) is 15.4. The fraction of sp³-hybridized carbons (Fsp3) is 0.393. The van der Waals surface area contributed by atoms with Crippen LogP contribution in [0.15, 0.2) is 78.8 Å². The SMILES string of the molecule is BrP(Br)Br.C=C(OOCC)P(=O)(OCC)OCC.CCOC(=O)/C=C/c1cc(CO)c(C)c(OC)c1.COc1cc(/C=C/CBr)cc(CO)c1C.COc1cc(/C=C/CO)cc(CO)c1C.COc1cc(C=O)cc(CO)c1C.[H-].[Na+]. The summed E-state index contributed by atoms with van der Waals surface area (Å²) in [5.74, 6) is 2.50. The topological polar surface area (TPSA) is 235 Å². The number of carbonyl (C=O) groups is 2. The largest absolute Gasteiger partial charge is 1.00 e. The predicted octanol–water partition coefficient (Wildman–Crippen LogP) is 11.0. The molecular weight excluding hydrogens is 1350 g/mol. The Labute approximate surface area is 530 Å². The fourth-order valence-corrected chi connectivity index (χ4v) is 7.73. The summed E-state index contributed by atoms with van der Waals surface area (Å²) in [6.07, 6.45) is 11.2. The summed E-state index contributed by atoms with van der Waals surface area (Å²) >= 11 is 12.8. The zero-order chi connectivity index (χ0) is 60.5. The first-order chi connectivity index (χ1) is 37.6. The third kappa shape index (κ3) is 32.3. The second-order valence-corrected chi connectivity index (χ2v) is 33.4. The molecule has 0 atom stereocenters. The summed E-state index contributed by atoms with van der Waals surface area (Å²) < 4.78 is 47.1. The van der Waals surface area contributed by atoms with E-state index >= 15 is 0 Å². The number of allylic oxidation sites excluding steroid dienone is 1. The van der Waals surface area contributed by atoms with Crippen molar-refractivity contribution >= 4 is 105 Å². The van der Waals surface area contributed by atoms with Crippen molar-refractivity contribution in [1.82, 2.24) is 0 Å². The van der Waals surface area contributed by atoms with Gasteiger partial charge in [0.2, 0.25) is 5.50 Å². The van der Waals surface area contributed by atoms with Crippen LogP contribution in [0.1, 0.15) is 101 Å². The minimum absolute atomic E-state index is 0. The first-order valence-electron chi connectivity index (χ1n) is 24.2. The van der Waals surface area contributed by atoms with Gasteiger partial charge in [0.05, 0.1) is 87.9 Å². The van der Waals surface area contributed by atoms with Crippen molar-refractivity contribution in [3.63, 3.8) is 0 Å². The van der Waals surface area contributed by atoms with E-state index in [9.17, 15) is 24.4 Å². The van der Waals surface area contributed by atoms with Crippen molar-refractivity contribution in [2.45, 2.75) is 81.8 Å². The van der Waals surface area contributed by atoms with Gasteiger partial charge >= 0.3 is 43.1 Å². The number of halogens is 4. The molecule has 80 heavy (non-hydrogen) atoms. The van der Waals surface area contributed by atoms with Crippen LogP contribution >= 0.6 is 74.0 Å². The minimum Gasteiger partial charge on any atom is -1.00 e. The first kappa shape index (κ1) is 81.5. The molecule has 0 bridgehead atoms. The van der Waals surface area contributed by atoms with Gasteiger partial charge in [-0.1, -0.05) is 40.2 Å². The van der Waals surface area contributed by atoms with Crippen LogP contribution in [0, 0.1) is 27.7 Å². The molecule has 0 amide bonds. The molecule has 0 fully saturated rings. The maximum absolute atomic E-state index is 11.9. The number of rotatable bonds is 24. The second kappa shape index (κ2) is 48.6. The van der Waals surface area contributed by atoms with Gasteiger partial charge in [0.25, 0.3) is 0 Å². The Hall–Kier alpha value is -2.76. The molecule has 4 aromatic carbocycles. The number of hydrogen-bond acceptors (Lipinski definition) is 17. The maximum Gasteiger partial charge on any atom is 1.00 e. The van der Waals surface area contributed by atoms with E-state index in [4.69, 9.17) is 48.1 Å². The Morgan fingerprint density at radius 2 is 0.925 bits per heavy atom. The van der Waals surface area contributed by atoms with E-state index in [1.54, 1.807) is 79.4 Å². The summed E-state index contributed by atoms with van der Waals surface area (Å²) in [6, 6.07) is 14.6. The predicted molar refractivity (Wildman–Crippen MR) is 332 cm³/mol. The Morgan fingerprint density at radius 3 is 1.21 bits per heavy atom. The quantitative estimate of drug-likeness (QED) is 0.00505. The van der Waals surface area contributed by atoms with E-state index in [2.05, 4.69) is 78.8 Å². The molecule has 4 aromatic rings. The molecule has 5 N–H and O–H groups in total. The third-order valence-electron chi connectivity index (χ3n) is 10.3. The van der Waals surface area contributed by atoms with Crippen molar-refractivity contribution in [2.24, 2.45) is 0 Å². The van der Waals surface area contributed by atoms with Crippen molar-refractivity contribution in [1.29, 1.82) is 0 Å². The molecular formula is C56H79Br4NaO17P2. The molecule has 0 saturated heterocycles. The number of aldehydes is 1. The summed E-state index contributed by atoms with van der Waals surface area (Å²) in [7, 11) is 2.97. The molecule has 0 spiro atoms. The van der Waals surface area contributed by atoms with Crippen LogP contribution in [0.4, 0.5) is 0 Å². The minimum atomic E-state index is -3.38. The zero-order valence-corrected chi connectivity index (χ0v) is 58.1. The molecule has 0 aliphatic carbocycles. The number of aliphatic hydroxyl groups excluding tert-OH is 5. The molecule has 0 unspecified atom stereocenters. The van der Waals surface area contributed by atoms with Gasteiger partial charge in [0.15, 0.2) is 0 Å². The van der Waals surface area contributed by atoms with Gasteiger partial charge in [-0.25, -0.2) is 4.79 Å². The molecule has 4 rings (SSSR count). The van der Waals surface area contributed by atoms with E-state index in [0.29, 0.717) is 30.3 Å². The average Bonchev–Trinajstić information content (AvgIpc) is 3.44. The zero-order valence-electron chi connectivity index (χ0n) is 49.0. The van der Waals surface area contributed by atoms with Gasteiger partial charge in [-0.2, -0.15) is 4.89 Å². The summed E-state index contributed by atoms with van der Waals surface area (Å²) in [5, 5.41) is 46.1. The molecule has 0 heterocycles. The van der Waals surface area contributed by atoms with Crippen molar-refractivity contribution in [2.75, 3.05) is 66.8 Å². The molecule has 444 valence electrons. The van der Waals surface area contributed by atoms with Crippen LogP contribution in [0.3, 0.4) is 0 Å². The normalized spacial score (nSPS) is 10.5. The Kier molecular flexibility index (Phi) is 49.5. The van der Waals surface area contributed by atoms with E-state index in [-0.39, 0.29) is 92.7 Å². The van der Waals surface area contributed by atoms with E-state index in [1.165, 1.54) is 13.2 Å². The number of methoxy groups -OCH3 is 4. The van der Waals surface area contributed by atoms with Crippen LogP contribution in [0.2, 0.25) is 0 Å². The van der Waals surface area contributed by atoms with Crippen LogP contribution in [0.25, 0.3) is 18.2 Å². The summed E-state index contributed by atoms with van der Waals surface area (Å²) in [6.45, 7) is 19.0. The molecule has 0 aliphatic heterocycles. The van der Waals surface area contributed by atoms with Crippen molar-refractivity contribution in [3.05, 3.63) is 146 Å². The number of hydrogen-bond donors (Lipinski definition) is 5. The number of esters is 1. The smallest absolute Gasteiger partial charge is 1.00 e. The van der Waals surface area contributed by atoms with E-state index in [1.807, 2.05) is 76.2 Å². The van der Waals surface area contributed by atoms with Crippen LogP contribution in [-0.2, 0) is 59.3 Å². The monoisotopic (exact) mass is 1420 g/mol. The van der Waals surface area contributed by atoms with E-state index < -0.39 is 7.60 Å². The molecule has 0 aliphatic rings. The number of alkyl halides is 1. The number of aliphatic hydroxyl groups is 5. The number of carbonyl (C=O) groups excluding carboxylic acids is 2. The van der Waals surface area contributed by atoms with Crippen molar-refractivity contribution < 1.29 is 113 Å². The Morgan fingerprint density at radius 1 is 0.588 bits per heavy atom. The van der Waals surface area contributed by atoms with Gasteiger partial charge < -0.3 is 64.6 Å². The summed E-state index contributed by atoms with van der Waals surface area (Å²) in [4.78, 5) is 31.0. The number of ether oxygens (including phenoxy) is 5. The summed E-state index contributed by atoms with van der Waals surface area (Å²) in [5.41, 5.74) is 10.1. The Balaban J connectivity index is -0.000000448. The molecule has 17 nitrogen and oxygen atoms in total. The van der Waals surface area contributed by atoms with Gasteiger partial charge in [-0.3, -0.25) is 9.36 Å². The van der Waals surface area contributed by atoms with Crippen molar-refractivity contribution in [3.8, 4) is 23.0 Å². The average molecular weight is 1430 g/mol. The molecule has 0 radical (unpaired) electrons. The Bertz CT molecular complexity index is 2390. The van der Waals surface area contributed by atoms with Gasteiger partial charge in [-0.15, -0.1) is 0 Å². The van der Waals surface area contributed by atoms with Crippen LogP contribution in [-0.4, -0.2) is 105 Å². The fourth-order valence-electron chi connectivity index (χ4n) is 6.36. The molecule has 24 heteroatoms. The van der Waals surface area contributed by atoms with Gasteiger partial charge in [0, 0.05) is 17.0 Å².